The number of nitrogens with zero attached hydrogens (tertiary/aromatic N) is 1. The summed E-state index contributed by atoms with van der Waals surface area (Å²) in [5.74, 6) is -27.0. The maximum absolute atomic E-state index is 14.3. The maximum atomic E-state index is 14.3. The van der Waals surface area contributed by atoms with Crippen molar-refractivity contribution in [3.63, 3.8) is 0 Å². The molecule has 0 bridgehead atoms. The number of rotatable bonds is 3. The van der Waals surface area contributed by atoms with Crippen LogP contribution in [0.25, 0.3) is 0 Å². The van der Waals surface area contributed by atoms with Crippen molar-refractivity contribution in [2.75, 3.05) is 0 Å². The van der Waals surface area contributed by atoms with Gasteiger partial charge in [-0.05, 0) is 24.3 Å². The van der Waals surface area contributed by atoms with Crippen LogP contribution in [-0.2, 0) is 0 Å². The van der Waals surface area contributed by atoms with Gasteiger partial charge in [-0.1, -0.05) is 0 Å². The Kier molecular flexibility index (Phi) is 5.74. The molecule has 3 aromatic carbocycles. The van der Waals surface area contributed by atoms with Crippen molar-refractivity contribution in [2.45, 2.75) is 0 Å². The minimum Gasteiger partial charge on any atom is -0.247 e. The van der Waals surface area contributed by atoms with Crippen molar-refractivity contribution < 1.29 is 48.3 Å². The van der Waals surface area contributed by atoms with Crippen LogP contribution in [0.3, 0.4) is 0 Å². The summed E-state index contributed by atoms with van der Waals surface area (Å²) in [5, 5.41) is 0. The molecule has 0 fully saturated rings. The van der Waals surface area contributed by atoms with Crippen molar-refractivity contribution in [2.24, 2.45) is 4.99 Å². The van der Waals surface area contributed by atoms with Crippen molar-refractivity contribution in [3.8, 4) is 0 Å². The van der Waals surface area contributed by atoms with Crippen LogP contribution in [0.15, 0.2) is 29.3 Å². The standard InChI is InChI=1S/C19H4F11N/c20-5-1-3-6(4-2-5)31-19(7-9(21)13(25)17(29)14(26)10(7)22)8-11(23)15(27)18(30)16(28)12(8)24/h1-4H. The van der Waals surface area contributed by atoms with Gasteiger partial charge in [0.15, 0.2) is 46.5 Å². The summed E-state index contributed by atoms with van der Waals surface area (Å²) in [7, 11) is 0. The summed E-state index contributed by atoms with van der Waals surface area (Å²) >= 11 is 0. The third-order valence-corrected chi connectivity index (χ3v) is 3.96. The lowest BCUT2D eigenvalue weighted by Crippen LogP contribution is -2.19. The lowest BCUT2D eigenvalue weighted by Gasteiger charge is -2.14. The first kappa shape index (κ1) is 22.2. The average Bonchev–Trinajstić information content (AvgIpc) is 2.75. The van der Waals surface area contributed by atoms with Crippen LogP contribution in [0.4, 0.5) is 54.0 Å². The number of hydrogen-bond acceptors (Lipinski definition) is 1. The molecule has 1 nitrogen and oxygen atoms in total. The molecule has 0 amide bonds. The van der Waals surface area contributed by atoms with Gasteiger partial charge in [-0.2, -0.15) is 0 Å². The Labute approximate surface area is 165 Å². The first-order valence-electron chi connectivity index (χ1n) is 7.85. The summed E-state index contributed by atoms with van der Waals surface area (Å²) in [6, 6.07) is 2.86. The number of aliphatic imine (C=N–C) groups is 1. The monoisotopic (exact) mass is 455 g/mol. The van der Waals surface area contributed by atoms with E-state index in [2.05, 4.69) is 4.99 Å². The summed E-state index contributed by atoms with van der Waals surface area (Å²) in [5.41, 5.74) is -6.52. The predicted octanol–water partition coefficient (Wildman–Crippen LogP) is 6.39. The number of halogens is 11. The molecule has 0 N–H and O–H groups in total. The van der Waals surface area contributed by atoms with E-state index in [0.717, 1.165) is 12.1 Å². The van der Waals surface area contributed by atoms with E-state index < -0.39 is 86.5 Å². The van der Waals surface area contributed by atoms with E-state index in [4.69, 9.17) is 0 Å². The number of hydrogen-bond donors (Lipinski definition) is 0. The van der Waals surface area contributed by atoms with Gasteiger partial charge in [0.05, 0.1) is 22.5 Å². The van der Waals surface area contributed by atoms with Gasteiger partial charge in [-0.25, -0.2) is 53.3 Å². The van der Waals surface area contributed by atoms with Gasteiger partial charge in [-0.15, -0.1) is 0 Å². The average molecular weight is 455 g/mol. The van der Waals surface area contributed by atoms with Crippen LogP contribution in [0.1, 0.15) is 11.1 Å². The zero-order valence-electron chi connectivity index (χ0n) is 14.4. The second kappa shape index (κ2) is 8.00. The molecule has 0 aromatic heterocycles. The maximum Gasteiger partial charge on any atom is 0.200 e. The Hall–Kier alpha value is -3.44. The van der Waals surface area contributed by atoms with Crippen molar-refractivity contribution in [3.05, 3.63) is 99.4 Å². The molecule has 162 valence electrons. The van der Waals surface area contributed by atoms with Gasteiger partial charge in [0.1, 0.15) is 5.82 Å². The molecule has 0 aliphatic rings. The molecule has 0 unspecified atom stereocenters. The third kappa shape index (κ3) is 3.62. The van der Waals surface area contributed by atoms with Gasteiger partial charge >= 0.3 is 0 Å². The van der Waals surface area contributed by atoms with E-state index in [0.29, 0.717) is 12.1 Å². The largest absolute Gasteiger partial charge is 0.247 e. The van der Waals surface area contributed by atoms with E-state index in [1.165, 1.54) is 0 Å². The van der Waals surface area contributed by atoms with Gasteiger partial charge in [0.25, 0.3) is 0 Å². The highest BCUT2D eigenvalue weighted by Crippen LogP contribution is 2.32. The van der Waals surface area contributed by atoms with E-state index in [1.807, 2.05) is 0 Å². The second-order valence-corrected chi connectivity index (χ2v) is 5.83. The summed E-state index contributed by atoms with van der Waals surface area (Å²) in [6.07, 6.45) is 0. The molecule has 12 heteroatoms. The summed E-state index contributed by atoms with van der Waals surface area (Å²) in [6.45, 7) is 0. The van der Waals surface area contributed by atoms with Crippen LogP contribution in [0.2, 0.25) is 0 Å². The molecule has 3 rings (SSSR count). The van der Waals surface area contributed by atoms with E-state index in [-0.39, 0.29) is 0 Å². The van der Waals surface area contributed by atoms with E-state index in [1.54, 1.807) is 0 Å². The normalized spacial score (nSPS) is 11.1. The van der Waals surface area contributed by atoms with Crippen molar-refractivity contribution in [1.29, 1.82) is 0 Å². The second-order valence-electron chi connectivity index (χ2n) is 5.83. The summed E-state index contributed by atoms with van der Waals surface area (Å²) < 4.78 is 151. The lowest BCUT2D eigenvalue weighted by molar-refractivity contribution is 0.373. The molecule has 0 saturated heterocycles. The van der Waals surface area contributed by atoms with Crippen LogP contribution >= 0.6 is 0 Å². The third-order valence-electron chi connectivity index (χ3n) is 3.96. The molecular formula is C19H4F11N. The van der Waals surface area contributed by atoms with E-state index >= 15 is 0 Å². The van der Waals surface area contributed by atoms with Gasteiger partial charge in [0, 0.05) is 0 Å². The Balaban J connectivity index is 2.50. The fourth-order valence-corrected chi connectivity index (χ4v) is 2.51. The molecule has 0 aliphatic carbocycles. The van der Waals surface area contributed by atoms with Gasteiger partial charge in [0.2, 0.25) is 11.6 Å². The van der Waals surface area contributed by atoms with Crippen LogP contribution in [0, 0.1) is 64.0 Å². The van der Waals surface area contributed by atoms with Crippen LogP contribution in [-0.4, -0.2) is 5.71 Å². The molecule has 0 spiro atoms. The first-order valence-corrected chi connectivity index (χ1v) is 7.85. The quantitative estimate of drug-likeness (QED) is 0.188. The lowest BCUT2D eigenvalue weighted by atomic mass is 9.98. The molecule has 0 saturated carbocycles. The Morgan fingerprint density at radius 1 is 0.419 bits per heavy atom. The smallest absolute Gasteiger partial charge is 0.200 e. The molecule has 31 heavy (non-hydrogen) atoms. The Bertz CT molecular complexity index is 1100. The molecule has 0 aliphatic heterocycles. The molecule has 0 radical (unpaired) electrons. The zero-order valence-corrected chi connectivity index (χ0v) is 14.4. The van der Waals surface area contributed by atoms with Crippen molar-refractivity contribution >= 4 is 11.4 Å². The van der Waals surface area contributed by atoms with Gasteiger partial charge in [-0.3, -0.25) is 0 Å². The Morgan fingerprint density at radius 3 is 1.03 bits per heavy atom. The van der Waals surface area contributed by atoms with Crippen molar-refractivity contribution in [1.82, 2.24) is 0 Å². The fourth-order valence-electron chi connectivity index (χ4n) is 2.51. The van der Waals surface area contributed by atoms with Gasteiger partial charge < -0.3 is 0 Å². The highest BCUT2D eigenvalue weighted by Gasteiger charge is 2.35. The minimum absolute atomic E-state index is 0.579. The SMILES string of the molecule is Fc1ccc(N=C(c2c(F)c(F)c(F)c(F)c2F)c2c(F)c(F)c(F)c(F)c2F)cc1. The van der Waals surface area contributed by atoms with Crippen LogP contribution in [0.5, 0.6) is 0 Å². The minimum atomic E-state index is -2.65. The van der Waals surface area contributed by atoms with E-state index in [9.17, 15) is 48.3 Å². The molecule has 0 atom stereocenters. The Morgan fingerprint density at radius 2 is 0.710 bits per heavy atom. The predicted molar refractivity (Wildman–Crippen MR) is 84.2 cm³/mol. The molecule has 3 aromatic rings. The fraction of sp³-hybridized carbons (Fsp3) is 0. The zero-order chi connectivity index (χ0) is 23.2. The first-order chi connectivity index (χ1) is 14.5. The topological polar surface area (TPSA) is 12.4 Å². The molecule has 0 heterocycles. The molecular weight excluding hydrogens is 451 g/mol. The van der Waals surface area contributed by atoms with Crippen LogP contribution < -0.4 is 0 Å². The highest BCUT2D eigenvalue weighted by atomic mass is 19.2. The highest BCUT2D eigenvalue weighted by molar-refractivity contribution is 6.14. The summed E-state index contributed by atoms with van der Waals surface area (Å²) in [4.78, 5) is 3.29. The number of benzene rings is 3.